The summed E-state index contributed by atoms with van der Waals surface area (Å²) in [5.74, 6) is -1.51. The van der Waals surface area contributed by atoms with Gasteiger partial charge in [-0.05, 0) is 35.9 Å². The summed E-state index contributed by atoms with van der Waals surface area (Å²) in [5.41, 5.74) is 0.649. The van der Waals surface area contributed by atoms with Crippen LogP contribution in [0.4, 0.5) is 0 Å². The second kappa shape index (κ2) is 6.17. The van der Waals surface area contributed by atoms with Crippen molar-refractivity contribution in [2.24, 2.45) is 0 Å². The van der Waals surface area contributed by atoms with Crippen molar-refractivity contribution in [1.29, 1.82) is 0 Å². The topological polar surface area (TPSA) is 93.1 Å². The number of carbonyl (C=O) groups is 2. The van der Waals surface area contributed by atoms with Gasteiger partial charge < -0.3 is 19.7 Å². The first-order valence-corrected chi connectivity index (χ1v) is 6.31. The van der Waals surface area contributed by atoms with Crippen molar-refractivity contribution in [3.63, 3.8) is 0 Å². The normalized spacial score (nSPS) is 10.1. The number of hydrogen-bond acceptors (Lipinski definition) is 4. The summed E-state index contributed by atoms with van der Waals surface area (Å²) < 4.78 is 10.5. The fourth-order valence-corrected chi connectivity index (χ4v) is 2.15. The summed E-state index contributed by atoms with van der Waals surface area (Å²) in [6.07, 6.45) is 0. The van der Waals surface area contributed by atoms with Crippen molar-refractivity contribution in [2.45, 2.75) is 0 Å². The Bertz CT molecular complexity index is 681. The third-order valence-corrected chi connectivity index (χ3v) is 3.14. The van der Waals surface area contributed by atoms with Gasteiger partial charge in [-0.2, -0.15) is 0 Å². The SMILES string of the molecule is COc1cccc(OC)c1-c1cc(C(=O)O)cc(C(=O)O)c1. The number of hydrogen-bond donors (Lipinski definition) is 2. The molecule has 0 aliphatic heterocycles. The second-order valence-electron chi connectivity index (χ2n) is 4.45. The highest BCUT2D eigenvalue weighted by Crippen LogP contribution is 2.39. The summed E-state index contributed by atoms with van der Waals surface area (Å²) in [5, 5.41) is 18.3. The standard InChI is InChI=1S/C16H14O6/c1-21-12-4-3-5-13(22-2)14(12)9-6-10(15(17)18)8-11(7-9)16(19)20/h3-8H,1-2H3,(H,17,18)(H,19,20). The number of carboxylic acids is 2. The van der Waals surface area contributed by atoms with Crippen molar-refractivity contribution in [2.75, 3.05) is 14.2 Å². The van der Waals surface area contributed by atoms with Crippen LogP contribution in [0.5, 0.6) is 11.5 Å². The highest BCUT2D eigenvalue weighted by Gasteiger charge is 2.17. The predicted octanol–water partition coefficient (Wildman–Crippen LogP) is 2.77. The smallest absolute Gasteiger partial charge is 0.335 e. The highest BCUT2D eigenvalue weighted by atomic mass is 16.5. The fraction of sp³-hybridized carbons (Fsp3) is 0.125. The van der Waals surface area contributed by atoms with E-state index in [-0.39, 0.29) is 11.1 Å². The molecule has 2 rings (SSSR count). The Labute approximate surface area is 126 Å². The Morgan fingerprint density at radius 1 is 0.864 bits per heavy atom. The molecule has 6 heteroatoms. The first kappa shape index (κ1) is 15.4. The van der Waals surface area contributed by atoms with E-state index in [1.54, 1.807) is 18.2 Å². The van der Waals surface area contributed by atoms with Gasteiger partial charge in [-0.25, -0.2) is 9.59 Å². The average molecular weight is 302 g/mol. The van der Waals surface area contributed by atoms with Crippen molar-refractivity contribution in [1.82, 2.24) is 0 Å². The number of benzene rings is 2. The van der Waals surface area contributed by atoms with Gasteiger partial charge >= 0.3 is 11.9 Å². The summed E-state index contributed by atoms with van der Waals surface area (Å²) in [7, 11) is 2.94. The van der Waals surface area contributed by atoms with Crippen molar-refractivity contribution in [3.05, 3.63) is 47.5 Å². The monoisotopic (exact) mass is 302 g/mol. The minimum absolute atomic E-state index is 0.122. The molecule has 0 radical (unpaired) electrons. The molecule has 0 heterocycles. The molecule has 0 amide bonds. The molecule has 0 spiro atoms. The predicted molar refractivity (Wildman–Crippen MR) is 78.9 cm³/mol. The molecular formula is C16H14O6. The van der Waals surface area contributed by atoms with E-state index < -0.39 is 11.9 Å². The van der Waals surface area contributed by atoms with E-state index in [1.807, 2.05) is 0 Å². The quantitative estimate of drug-likeness (QED) is 0.882. The summed E-state index contributed by atoms with van der Waals surface area (Å²) >= 11 is 0. The van der Waals surface area contributed by atoms with Crippen LogP contribution < -0.4 is 9.47 Å². The summed E-state index contributed by atoms with van der Waals surface area (Å²) in [6.45, 7) is 0. The minimum Gasteiger partial charge on any atom is -0.496 e. The zero-order valence-electron chi connectivity index (χ0n) is 12.0. The lowest BCUT2D eigenvalue weighted by atomic mass is 9.98. The van der Waals surface area contributed by atoms with Gasteiger partial charge in [0.15, 0.2) is 0 Å². The van der Waals surface area contributed by atoms with Gasteiger partial charge in [0.25, 0.3) is 0 Å². The zero-order chi connectivity index (χ0) is 16.3. The van der Waals surface area contributed by atoms with Gasteiger partial charge in [0.1, 0.15) is 11.5 Å². The minimum atomic E-state index is -1.21. The Hall–Kier alpha value is -3.02. The first-order chi connectivity index (χ1) is 10.5. The van der Waals surface area contributed by atoms with Crippen LogP contribution in [0.3, 0.4) is 0 Å². The molecule has 114 valence electrons. The number of rotatable bonds is 5. The maximum absolute atomic E-state index is 11.2. The molecule has 0 fully saturated rings. The molecule has 22 heavy (non-hydrogen) atoms. The van der Waals surface area contributed by atoms with Gasteiger partial charge in [0.2, 0.25) is 0 Å². The van der Waals surface area contributed by atoms with Crippen LogP contribution in [0.1, 0.15) is 20.7 Å². The van der Waals surface area contributed by atoms with E-state index in [0.717, 1.165) is 6.07 Å². The molecule has 0 bridgehead atoms. The maximum Gasteiger partial charge on any atom is 0.335 e. The van der Waals surface area contributed by atoms with E-state index in [0.29, 0.717) is 22.6 Å². The molecule has 0 aliphatic rings. The Balaban J connectivity index is 2.77. The Morgan fingerprint density at radius 3 is 1.68 bits per heavy atom. The number of aromatic carboxylic acids is 2. The van der Waals surface area contributed by atoms with E-state index in [9.17, 15) is 9.59 Å². The lowest BCUT2D eigenvalue weighted by molar-refractivity contribution is 0.0696. The van der Waals surface area contributed by atoms with Gasteiger partial charge in [-0.15, -0.1) is 0 Å². The highest BCUT2D eigenvalue weighted by molar-refractivity contribution is 5.97. The van der Waals surface area contributed by atoms with Crippen LogP contribution in [-0.4, -0.2) is 36.4 Å². The van der Waals surface area contributed by atoms with Gasteiger partial charge in [-0.1, -0.05) is 6.07 Å². The Morgan fingerprint density at radius 2 is 1.32 bits per heavy atom. The second-order valence-corrected chi connectivity index (χ2v) is 4.45. The van der Waals surface area contributed by atoms with Gasteiger partial charge in [0, 0.05) is 0 Å². The third kappa shape index (κ3) is 2.85. The van der Waals surface area contributed by atoms with E-state index in [1.165, 1.54) is 26.4 Å². The van der Waals surface area contributed by atoms with Crippen LogP contribution >= 0.6 is 0 Å². The molecular weight excluding hydrogens is 288 g/mol. The molecule has 0 saturated heterocycles. The molecule has 0 atom stereocenters. The molecule has 0 saturated carbocycles. The molecule has 2 aromatic carbocycles. The summed E-state index contributed by atoms with van der Waals surface area (Å²) in [6, 6.07) is 8.97. The molecule has 0 aliphatic carbocycles. The lowest BCUT2D eigenvalue weighted by Gasteiger charge is -2.14. The van der Waals surface area contributed by atoms with Crippen LogP contribution in [0, 0.1) is 0 Å². The molecule has 2 aromatic rings. The van der Waals surface area contributed by atoms with Crippen LogP contribution in [0.15, 0.2) is 36.4 Å². The zero-order valence-corrected chi connectivity index (χ0v) is 12.0. The van der Waals surface area contributed by atoms with Crippen molar-refractivity contribution < 1.29 is 29.3 Å². The van der Waals surface area contributed by atoms with E-state index in [2.05, 4.69) is 0 Å². The van der Waals surface area contributed by atoms with Crippen LogP contribution in [-0.2, 0) is 0 Å². The average Bonchev–Trinajstić information content (AvgIpc) is 2.53. The molecule has 0 unspecified atom stereocenters. The number of ether oxygens (including phenoxy) is 2. The molecule has 2 N–H and O–H groups in total. The third-order valence-electron chi connectivity index (χ3n) is 3.14. The van der Waals surface area contributed by atoms with Crippen molar-refractivity contribution in [3.8, 4) is 22.6 Å². The van der Waals surface area contributed by atoms with Crippen molar-refractivity contribution >= 4 is 11.9 Å². The number of carboxylic acid groups (broad SMARTS) is 2. The largest absolute Gasteiger partial charge is 0.496 e. The van der Waals surface area contributed by atoms with E-state index >= 15 is 0 Å². The number of methoxy groups -OCH3 is 2. The van der Waals surface area contributed by atoms with Gasteiger partial charge in [-0.3, -0.25) is 0 Å². The fourth-order valence-electron chi connectivity index (χ4n) is 2.15. The molecule has 0 aromatic heterocycles. The first-order valence-electron chi connectivity index (χ1n) is 6.31. The van der Waals surface area contributed by atoms with Gasteiger partial charge in [0.05, 0.1) is 30.9 Å². The van der Waals surface area contributed by atoms with Crippen LogP contribution in [0.25, 0.3) is 11.1 Å². The lowest BCUT2D eigenvalue weighted by Crippen LogP contribution is -2.03. The molecule has 6 nitrogen and oxygen atoms in total. The Kier molecular flexibility index (Phi) is 4.31. The van der Waals surface area contributed by atoms with E-state index in [4.69, 9.17) is 19.7 Å². The maximum atomic E-state index is 11.2. The summed E-state index contributed by atoms with van der Waals surface area (Å²) in [4.78, 5) is 22.4. The van der Waals surface area contributed by atoms with Crippen LogP contribution in [0.2, 0.25) is 0 Å².